The number of ether oxygens (including phenoxy) is 1. The van der Waals surface area contributed by atoms with Gasteiger partial charge in [0, 0.05) is 25.3 Å². The molecule has 0 radical (unpaired) electrons. The van der Waals surface area contributed by atoms with Crippen LogP contribution in [0.15, 0.2) is 59.6 Å². The molecule has 1 N–H and O–H groups in total. The number of nitrogens with one attached hydrogen (secondary N) is 1. The molecule has 3 aliphatic rings. The lowest BCUT2D eigenvalue weighted by Crippen LogP contribution is -2.49. The van der Waals surface area contributed by atoms with Crippen molar-refractivity contribution in [1.29, 1.82) is 0 Å². The maximum absolute atomic E-state index is 13.8. The van der Waals surface area contributed by atoms with Crippen molar-refractivity contribution in [3.63, 3.8) is 0 Å². The smallest absolute Gasteiger partial charge is 0.272 e. The van der Waals surface area contributed by atoms with Crippen molar-refractivity contribution < 1.29 is 14.3 Å². The van der Waals surface area contributed by atoms with Crippen molar-refractivity contribution >= 4 is 23.2 Å². The van der Waals surface area contributed by atoms with Gasteiger partial charge in [-0.05, 0) is 37.2 Å². The van der Waals surface area contributed by atoms with Gasteiger partial charge in [0.2, 0.25) is 12.1 Å². The Bertz CT molecular complexity index is 1120. The van der Waals surface area contributed by atoms with Crippen LogP contribution in [-0.2, 0) is 14.3 Å². The molecule has 2 amide bonds. The third-order valence-electron chi connectivity index (χ3n) is 8.38. The van der Waals surface area contributed by atoms with Gasteiger partial charge in [-0.15, -0.1) is 0 Å². The summed E-state index contributed by atoms with van der Waals surface area (Å²) in [6.07, 6.45) is 9.19. The first-order valence-corrected chi connectivity index (χ1v) is 13.9. The van der Waals surface area contributed by atoms with E-state index in [2.05, 4.69) is 5.32 Å². The van der Waals surface area contributed by atoms with Crippen LogP contribution in [0.25, 0.3) is 0 Å². The summed E-state index contributed by atoms with van der Waals surface area (Å²) in [5.41, 5.74) is 3.29. The molecule has 3 atom stereocenters. The summed E-state index contributed by atoms with van der Waals surface area (Å²) in [5, 5.41) is 3.05. The van der Waals surface area contributed by atoms with Gasteiger partial charge in [0.25, 0.3) is 5.91 Å². The molecule has 1 aliphatic heterocycles. The monoisotopic (exact) mass is 501 g/mol. The summed E-state index contributed by atoms with van der Waals surface area (Å²) >= 11 is 0. The zero-order valence-electron chi connectivity index (χ0n) is 22.1. The molecule has 0 saturated heterocycles. The van der Waals surface area contributed by atoms with Gasteiger partial charge < -0.3 is 15.0 Å². The minimum Gasteiger partial charge on any atom is -0.381 e. The van der Waals surface area contributed by atoms with Gasteiger partial charge >= 0.3 is 0 Å². The lowest BCUT2D eigenvalue weighted by Gasteiger charge is -2.28. The number of hydrogen-bond acceptors (Lipinski definition) is 4. The van der Waals surface area contributed by atoms with Crippen LogP contribution in [0.4, 0.5) is 5.69 Å². The zero-order chi connectivity index (χ0) is 25.8. The number of fused-ring (bicyclic) bond motifs is 1. The van der Waals surface area contributed by atoms with Crippen molar-refractivity contribution in [2.45, 2.75) is 70.1 Å². The van der Waals surface area contributed by atoms with Crippen molar-refractivity contribution in [3.05, 3.63) is 65.7 Å². The number of carbonyl (C=O) groups is 2. The first-order chi connectivity index (χ1) is 18.0. The van der Waals surface area contributed by atoms with E-state index >= 15 is 0 Å². The standard InChI is InChI=1S/C31H39N3O3/c1-34-26-15-9-8-14-24(26)28(23-12-4-3-5-13-23)32-29(31(34)36)33-30(35)25(20-22-16-17-22)27(37-2)19-18-21-10-6-7-11-21/h3-5,8-9,12-15,21-22,25,27,29H,6-7,10-11,16-20H2,1-2H3,(H,33,35). The normalized spacial score (nSPS) is 21.7. The fourth-order valence-corrected chi connectivity index (χ4v) is 6.01. The summed E-state index contributed by atoms with van der Waals surface area (Å²) in [4.78, 5) is 33.9. The number of amides is 2. The van der Waals surface area contributed by atoms with Gasteiger partial charge in [-0.3, -0.25) is 9.59 Å². The van der Waals surface area contributed by atoms with Crippen LogP contribution in [0.1, 0.15) is 68.9 Å². The number of rotatable bonds is 10. The largest absolute Gasteiger partial charge is 0.381 e. The van der Waals surface area contributed by atoms with E-state index in [0.29, 0.717) is 11.6 Å². The minimum atomic E-state index is -0.992. The van der Waals surface area contributed by atoms with E-state index in [9.17, 15) is 9.59 Å². The summed E-state index contributed by atoms with van der Waals surface area (Å²) in [5.74, 6) is 0.671. The van der Waals surface area contributed by atoms with Gasteiger partial charge in [-0.1, -0.05) is 87.1 Å². The molecule has 3 unspecified atom stereocenters. The molecule has 6 heteroatoms. The number of hydrogen-bond donors (Lipinski definition) is 1. The van der Waals surface area contributed by atoms with Crippen LogP contribution in [-0.4, -0.2) is 44.0 Å². The van der Waals surface area contributed by atoms with Gasteiger partial charge in [0.15, 0.2) is 0 Å². The quantitative estimate of drug-likeness (QED) is 0.477. The summed E-state index contributed by atoms with van der Waals surface area (Å²) < 4.78 is 5.93. The van der Waals surface area contributed by atoms with Crippen LogP contribution in [0.2, 0.25) is 0 Å². The van der Waals surface area contributed by atoms with E-state index < -0.39 is 6.17 Å². The first-order valence-electron chi connectivity index (χ1n) is 13.9. The number of benzodiazepines with no additional fused rings is 1. The number of carbonyl (C=O) groups excluding carboxylic acids is 2. The highest BCUT2D eigenvalue weighted by molar-refractivity contribution is 6.20. The third-order valence-corrected chi connectivity index (χ3v) is 8.38. The molecule has 2 aromatic rings. The Morgan fingerprint density at radius 1 is 1.03 bits per heavy atom. The molecule has 0 spiro atoms. The molecule has 2 aliphatic carbocycles. The average molecular weight is 502 g/mol. The number of likely N-dealkylation sites (N-methyl/N-ethyl adjacent to an activating group) is 1. The average Bonchev–Trinajstić information content (AvgIpc) is 3.62. The van der Waals surface area contributed by atoms with Crippen LogP contribution in [0.3, 0.4) is 0 Å². The number of benzene rings is 2. The lowest BCUT2D eigenvalue weighted by molar-refractivity contribution is -0.134. The lowest BCUT2D eigenvalue weighted by atomic mass is 9.89. The molecule has 37 heavy (non-hydrogen) atoms. The Morgan fingerprint density at radius 2 is 1.73 bits per heavy atom. The fourth-order valence-electron chi connectivity index (χ4n) is 6.01. The Labute approximate surface area is 220 Å². The van der Waals surface area contributed by atoms with Crippen LogP contribution >= 0.6 is 0 Å². The Morgan fingerprint density at radius 3 is 2.43 bits per heavy atom. The maximum atomic E-state index is 13.8. The van der Waals surface area contributed by atoms with E-state index in [1.807, 2.05) is 54.6 Å². The highest BCUT2D eigenvalue weighted by Gasteiger charge is 2.38. The molecule has 2 aromatic carbocycles. The molecule has 196 valence electrons. The highest BCUT2D eigenvalue weighted by atomic mass is 16.5. The van der Waals surface area contributed by atoms with E-state index in [-0.39, 0.29) is 23.8 Å². The number of anilines is 1. The minimum absolute atomic E-state index is 0.126. The molecule has 1 heterocycles. The van der Waals surface area contributed by atoms with Crippen LogP contribution in [0, 0.1) is 17.8 Å². The second kappa shape index (κ2) is 11.6. The third kappa shape index (κ3) is 5.96. The molecule has 6 nitrogen and oxygen atoms in total. The van der Waals surface area contributed by atoms with Crippen molar-refractivity contribution in [2.24, 2.45) is 22.7 Å². The molecule has 2 fully saturated rings. The number of nitrogens with zero attached hydrogens (tertiary/aromatic N) is 2. The fraction of sp³-hybridized carbons (Fsp3) is 0.516. The Hall–Kier alpha value is -2.99. The topological polar surface area (TPSA) is 71.0 Å². The second-order valence-electron chi connectivity index (χ2n) is 11.0. The van der Waals surface area contributed by atoms with Crippen LogP contribution < -0.4 is 10.2 Å². The van der Waals surface area contributed by atoms with Crippen molar-refractivity contribution in [1.82, 2.24) is 5.32 Å². The van der Waals surface area contributed by atoms with Crippen molar-refractivity contribution in [3.8, 4) is 0 Å². The maximum Gasteiger partial charge on any atom is 0.272 e. The van der Waals surface area contributed by atoms with Gasteiger partial charge in [-0.25, -0.2) is 4.99 Å². The summed E-state index contributed by atoms with van der Waals surface area (Å²) in [6, 6.07) is 17.6. The van der Waals surface area contributed by atoms with E-state index in [0.717, 1.165) is 42.0 Å². The Balaban J connectivity index is 1.41. The molecular weight excluding hydrogens is 462 g/mol. The van der Waals surface area contributed by atoms with Gasteiger partial charge in [-0.2, -0.15) is 0 Å². The predicted octanol–water partition coefficient (Wildman–Crippen LogP) is 5.34. The number of methoxy groups -OCH3 is 1. The first kappa shape index (κ1) is 25.7. The zero-order valence-corrected chi connectivity index (χ0v) is 22.1. The summed E-state index contributed by atoms with van der Waals surface area (Å²) in [6.45, 7) is 0. The van der Waals surface area contributed by atoms with E-state index in [1.165, 1.54) is 38.5 Å². The molecule has 2 saturated carbocycles. The van der Waals surface area contributed by atoms with Gasteiger partial charge in [0.05, 0.1) is 23.4 Å². The van der Waals surface area contributed by atoms with Crippen LogP contribution in [0.5, 0.6) is 0 Å². The van der Waals surface area contributed by atoms with E-state index in [4.69, 9.17) is 9.73 Å². The number of aliphatic imine (C=N–C) groups is 1. The molecular formula is C31H39N3O3. The van der Waals surface area contributed by atoms with Gasteiger partial charge in [0.1, 0.15) is 0 Å². The highest BCUT2D eigenvalue weighted by Crippen LogP contribution is 2.38. The second-order valence-corrected chi connectivity index (χ2v) is 11.0. The van der Waals surface area contributed by atoms with Crippen molar-refractivity contribution in [2.75, 3.05) is 19.1 Å². The molecule has 5 rings (SSSR count). The summed E-state index contributed by atoms with van der Waals surface area (Å²) in [7, 11) is 3.48. The SMILES string of the molecule is COC(CCC1CCCC1)C(CC1CC1)C(=O)NC1N=C(c2ccccc2)c2ccccc2N(C)C1=O. The number of para-hydroxylation sites is 1. The van der Waals surface area contributed by atoms with E-state index in [1.54, 1.807) is 19.1 Å². The molecule has 0 aromatic heterocycles. The predicted molar refractivity (Wildman–Crippen MR) is 147 cm³/mol. The molecule has 0 bridgehead atoms. The Kier molecular flexibility index (Phi) is 8.04.